The minimum Gasteiger partial charge on any atom is -0.356 e. The molecule has 27 heavy (non-hydrogen) atoms. The van der Waals surface area contributed by atoms with E-state index in [0.717, 1.165) is 5.56 Å². The van der Waals surface area contributed by atoms with Crippen LogP contribution in [-0.4, -0.2) is 29.7 Å². The highest BCUT2D eigenvalue weighted by atomic mass is 35.5. The SMILES string of the molecule is CN=C(NCCc1nc(-c2ccc(Cl)cc2)no1)NCc1ccccc1F. The quantitative estimate of drug-likeness (QED) is 0.500. The number of nitrogens with zero attached hydrogens (tertiary/aromatic N) is 3. The highest BCUT2D eigenvalue weighted by Crippen LogP contribution is 2.18. The lowest BCUT2D eigenvalue weighted by Crippen LogP contribution is -2.38. The van der Waals surface area contributed by atoms with Crippen LogP contribution in [-0.2, 0) is 13.0 Å². The average Bonchev–Trinajstić information content (AvgIpc) is 3.15. The lowest BCUT2D eigenvalue weighted by atomic mass is 10.2. The van der Waals surface area contributed by atoms with E-state index in [4.69, 9.17) is 16.1 Å². The summed E-state index contributed by atoms with van der Waals surface area (Å²) in [6.07, 6.45) is 0.529. The molecule has 1 heterocycles. The van der Waals surface area contributed by atoms with Crippen LogP contribution in [0.5, 0.6) is 0 Å². The van der Waals surface area contributed by atoms with Crippen LogP contribution in [0.3, 0.4) is 0 Å². The summed E-state index contributed by atoms with van der Waals surface area (Å²) in [7, 11) is 1.65. The lowest BCUT2D eigenvalue weighted by molar-refractivity contribution is 0.378. The predicted octanol–water partition coefficient (Wildman–Crippen LogP) is 3.44. The second-order valence-corrected chi connectivity index (χ2v) is 6.15. The predicted molar refractivity (Wildman–Crippen MR) is 103 cm³/mol. The van der Waals surface area contributed by atoms with Crippen molar-refractivity contribution in [2.75, 3.05) is 13.6 Å². The van der Waals surface area contributed by atoms with E-state index in [1.54, 1.807) is 37.4 Å². The number of benzene rings is 2. The molecule has 0 radical (unpaired) electrons. The van der Waals surface area contributed by atoms with Crippen molar-refractivity contribution >= 4 is 17.6 Å². The molecule has 0 fully saturated rings. The molecule has 0 bridgehead atoms. The number of aromatic nitrogens is 2. The minimum absolute atomic E-state index is 0.249. The maximum atomic E-state index is 13.6. The van der Waals surface area contributed by atoms with E-state index in [1.807, 2.05) is 12.1 Å². The number of rotatable bonds is 6. The molecule has 0 aliphatic rings. The molecule has 0 amide bonds. The highest BCUT2D eigenvalue weighted by Gasteiger charge is 2.09. The fourth-order valence-corrected chi connectivity index (χ4v) is 2.53. The Balaban J connectivity index is 1.48. The Bertz CT molecular complexity index is 910. The summed E-state index contributed by atoms with van der Waals surface area (Å²) >= 11 is 5.88. The normalized spacial score (nSPS) is 11.4. The third-order valence-electron chi connectivity index (χ3n) is 3.83. The van der Waals surface area contributed by atoms with Crippen molar-refractivity contribution in [3.05, 3.63) is 70.8 Å². The molecular formula is C19H19ClFN5O. The average molecular weight is 388 g/mol. The van der Waals surface area contributed by atoms with Crippen molar-refractivity contribution in [1.29, 1.82) is 0 Å². The first-order valence-electron chi connectivity index (χ1n) is 8.42. The zero-order chi connectivity index (χ0) is 19.1. The number of aliphatic imine (C=N–C) groups is 1. The summed E-state index contributed by atoms with van der Waals surface area (Å²) in [6.45, 7) is 0.882. The van der Waals surface area contributed by atoms with Gasteiger partial charge in [0, 0.05) is 42.7 Å². The maximum Gasteiger partial charge on any atom is 0.228 e. The van der Waals surface area contributed by atoms with Crippen LogP contribution in [0, 0.1) is 5.82 Å². The Morgan fingerprint density at radius 2 is 1.93 bits per heavy atom. The van der Waals surface area contributed by atoms with Crippen LogP contribution in [0.25, 0.3) is 11.4 Å². The van der Waals surface area contributed by atoms with Gasteiger partial charge >= 0.3 is 0 Å². The largest absolute Gasteiger partial charge is 0.356 e. The van der Waals surface area contributed by atoms with Crippen molar-refractivity contribution < 1.29 is 8.91 Å². The summed E-state index contributed by atoms with van der Waals surface area (Å²) in [6, 6.07) is 13.8. The Labute approximate surface area is 161 Å². The minimum atomic E-state index is -0.249. The Morgan fingerprint density at radius 3 is 2.67 bits per heavy atom. The number of guanidine groups is 1. The third-order valence-corrected chi connectivity index (χ3v) is 4.08. The molecule has 0 unspecified atom stereocenters. The van der Waals surface area contributed by atoms with Crippen LogP contribution >= 0.6 is 11.6 Å². The zero-order valence-electron chi connectivity index (χ0n) is 14.7. The Morgan fingerprint density at radius 1 is 1.15 bits per heavy atom. The van der Waals surface area contributed by atoms with Gasteiger partial charge in [-0.15, -0.1) is 0 Å². The first-order chi connectivity index (χ1) is 13.2. The molecule has 3 rings (SSSR count). The smallest absolute Gasteiger partial charge is 0.228 e. The summed E-state index contributed by atoms with van der Waals surface area (Å²) in [5.41, 5.74) is 1.41. The fourth-order valence-electron chi connectivity index (χ4n) is 2.40. The molecule has 3 aromatic rings. The molecule has 2 N–H and O–H groups in total. The molecule has 0 aliphatic carbocycles. The molecule has 0 aliphatic heterocycles. The highest BCUT2D eigenvalue weighted by molar-refractivity contribution is 6.30. The fraction of sp³-hybridized carbons (Fsp3) is 0.211. The zero-order valence-corrected chi connectivity index (χ0v) is 15.5. The van der Waals surface area contributed by atoms with Crippen molar-refractivity contribution in [2.24, 2.45) is 4.99 Å². The summed E-state index contributed by atoms with van der Waals surface area (Å²) in [5.74, 6) is 1.34. The summed E-state index contributed by atoms with van der Waals surface area (Å²) in [5, 5.41) is 10.8. The van der Waals surface area contributed by atoms with Gasteiger partial charge in [-0.3, -0.25) is 4.99 Å². The van der Waals surface area contributed by atoms with Crippen LogP contribution in [0.2, 0.25) is 5.02 Å². The van der Waals surface area contributed by atoms with Crippen molar-refractivity contribution in [1.82, 2.24) is 20.8 Å². The molecule has 0 atom stereocenters. The molecular weight excluding hydrogens is 369 g/mol. The molecule has 2 aromatic carbocycles. The van der Waals surface area contributed by atoms with E-state index in [2.05, 4.69) is 25.8 Å². The second-order valence-electron chi connectivity index (χ2n) is 5.71. The summed E-state index contributed by atoms with van der Waals surface area (Å²) in [4.78, 5) is 8.49. The molecule has 1 aromatic heterocycles. The van der Waals surface area contributed by atoms with Gasteiger partial charge in [0.2, 0.25) is 11.7 Å². The van der Waals surface area contributed by atoms with E-state index in [-0.39, 0.29) is 5.82 Å². The molecule has 140 valence electrons. The first kappa shape index (κ1) is 18.8. The van der Waals surface area contributed by atoms with Crippen molar-refractivity contribution in [3.63, 3.8) is 0 Å². The van der Waals surface area contributed by atoms with Crippen molar-refractivity contribution in [3.8, 4) is 11.4 Å². The van der Waals surface area contributed by atoms with Gasteiger partial charge < -0.3 is 15.2 Å². The second kappa shape index (κ2) is 9.14. The van der Waals surface area contributed by atoms with Gasteiger partial charge in [0.15, 0.2) is 5.96 Å². The van der Waals surface area contributed by atoms with E-state index in [9.17, 15) is 4.39 Å². The van der Waals surface area contributed by atoms with Crippen molar-refractivity contribution in [2.45, 2.75) is 13.0 Å². The van der Waals surface area contributed by atoms with Crippen LogP contribution < -0.4 is 10.6 Å². The van der Waals surface area contributed by atoms with Gasteiger partial charge in [0.05, 0.1) is 0 Å². The van der Waals surface area contributed by atoms with E-state index >= 15 is 0 Å². The summed E-state index contributed by atoms with van der Waals surface area (Å²) < 4.78 is 18.9. The third kappa shape index (κ3) is 5.27. The number of nitrogens with one attached hydrogen (secondary N) is 2. The Hall–Kier alpha value is -2.93. The van der Waals surface area contributed by atoms with Gasteiger partial charge in [0.1, 0.15) is 5.82 Å². The molecule has 0 spiro atoms. The number of hydrogen-bond donors (Lipinski definition) is 2. The topological polar surface area (TPSA) is 75.3 Å². The lowest BCUT2D eigenvalue weighted by Gasteiger charge is -2.11. The Kier molecular flexibility index (Phi) is 6.38. The first-order valence-corrected chi connectivity index (χ1v) is 8.80. The van der Waals surface area contributed by atoms with Crippen LogP contribution in [0.1, 0.15) is 11.5 Å². The maximum absolute atomic E-state index is 13.6. The molecule has 0 saturated heterocycles. The van der Waals surface area contributed by atoms with Gasteiger partial charge in [0.25, 0.3) is 0 Å². The molecule has 8 heteroatoms. The van der Waals surface area contributed by atoms with Gasteiger partial charge in [-0.05, 0) is 30.3 Å². The monoisotopic (exact) mass is 387 g/mol. The molecule has 0 saturated carbocycles. The van der Waals surface area contributed by atoms with Gasteiger partial charge in [-0.1, -0.05) is 35.0 Å². The van der Waals surface area contributed by atoms with Gasteiger partial charge in [-0.2, -0.15) is 4.98 Å². The number of hydrogen-bond acceptors (Lipinski definition) is 4. The van der Waals surface area contributed by atoms with E-state index < -0.39 is 0 Å². The number of halogens is 2. The van der Waals surface area contributed by atoms with Gasteiger partial charge in [-0.25, -0.2) is 4.39 Å². The van der Waals surface area contributed by atoms with Crippen LogP contribution in [0.15, 0.2) is 58.0 Å². The van der Waals surface area contributed by atoms with Crippen LogP contribution in [0.4, 0.5) is 4.39 Å². The molecule has 6 nitrogen and oxygen atoms in total. The van der Waals surface area contributed by atoms with E-state index in [0.29, 0.717) is 47.8 Å². The standard InChI is InChI=1S/C19H19ClFN5O/c1-22-19(24-12-14-4-2-3-5-16(14)21)23-11-10-17-25-18(26-27-17)13-6-8-15(20)9-7-13/h2-9H,10-12H2,1H3,(H2,22,23,24). The van der Waals surface area contributed by atoms with E-state index in [1.165, 1.54) is 6.07 Å².